The topological polar surface area (TPSA) is 93.1 Å². The van der Waals surface area contributed by atoms with Crippen LogP contribution in [0.5, 0.6) is 11.5 Å². The molecule has 0 bridgehead atoms. The second-order valence-electron chi connectivity index (χ2n) is 11.1. The third kappa shape index (κ3) is 7.30. The molecule has 1 heterocycles. The van der Waals surface area contributed by atoms with Crippen LogP contribution in [-0.2, 0) is 11.2 Å². The van der Waals surface area contributed by atoms with Crippen LogP contribution in [0.15, 0.2) is 71.6 Å². The highest BCUT2D eigenvalue weighted by Crippen LogP contribution is 2.34. The molecule has 1 aliphatic rings. The van der Waals surface area contributed by atoms with Crippen molar-refractivity contribution in [2.45, 2.75) is 51.0 Å². The Bertz CT molecular complexity index is 1380. The first-order chi connectivity index (χ1) is 19.5. The van der Waals surface area contributed by atoms with Gasteiger partial charge in [-0.3, -0.25) is 4.79 Å². The highest BCUT2D eigenvalue weighted by atomic mass is 32.2. The summed E-state index contributed by atoms with van der Waals surface area (Å²) in [5.41, 5.74) is 2.08. The number of aryl methyl sites for hydroxylation is 3. The number of carboxylic acid groups (broad SMARTS) is 1. The molecule has 0 unspecified atom stereocenters. The van der Waals surface area contributed by atoms with Crippen molar-refractivity contribution in [2.24, 2.45) is 11.8 Å². The summed E-state index contributed by atoms with van der Waals surface area (Å²) in [7, 11) is 0. The van der Waals surface area contributed by atoms with Gasteiger partial charge in [-0.25, -0.2) is 9.59 Å². The summed E-state index contributed by atoms with van der Waals surface area (Å²) < 4.78 is 11.4. The Hall–Kier alpha value is -3.78. The van der Waals surface area contributed by atoms with Crippen molar-refractivity contribution in [3.63, 3.8) is 0 Å². The monoisotopic (exact) mass is 575 g/mol. The molecule has 7 nitrogen and oxygen atoms in total. The number of aliphatic carboxylic acids is 1. The van der Waals surface area contributed by atoms with Crippen LogP contribution >= 0.6 is 11.8 Å². The van der Waals surface area contributed by atoms with Gasteiger partial charge in [-0.05, 0) is 93.7 Å². The van der Waals surface area contributed by atoms with Gasteiger partial charge in [-0.1, -0.05) is 42.5 Å². The Morgan fingerprint density at radius 2 is 1.61 bits per heavy atom. The molecule has 1 amide bonds. The molecule has 41 heavy (non-hydrogen) atoms. The maximum Gasteiger partial charge on any atom is 0.415 e. The molecule has 0 saturated carbocycles. The summed E-state index contributed by atoms with van der Waals surface area (Å²) in [5, 5.41) is 9.48. The quantitative estimate of drug-likeness (QED) is 0.209. The molecule has 2 atom stereocenters. The molecule has 3 aromatic carbocycles. The van der Waals surface area contributed by atoms with Gasteiger partial charge in [-0.15, -0.1) is 11.8 Å². The van der Waals surface area contributed by atoms with E-state index in [0.29, 0.717) is 43.0 Å². The first-order valence-electron chi connectivity index (χ1n) is 13.7. The molecule has 1 aliphatic heterocycles. The molecule has 0 aromatic heterocycles. The highest BCUT2D eigenvalue weighted by Gasteiger charge is 2.40. The lowest BCUT2D eigenvalue weighted by Gasteiger charge is -2.25. The van der Waals surface area contributed by atoms with Gasteiger partial charge in [0.1, 0.15) is 11.5 Å². The van der Waals surface area contributed by atoms with Crippen molar-refractivity contribution in [1.29, 1.82) is 0 Å². The lowest BCUT2D eigenvalue weighted by Crippen LogP contribution is -2.38. The fourth-order valence-corrected chi connectivity index (χ4v) is 5.64. The molecular weight excluding hydrogens is 538 g/mol. The lowest BCUT2D eigenvalue weighted by molar-refractivity contribution is -0.152. The maximum absolute atomic E-state index is 13.7. The smallest absolute Gasteiger partial charge is 0.415 e. The SMILES string of the molecule is CSc1ccc(C(=O)[C@H]2CN(C(=O)Oc3ccccc3)C[C@@H]2CCc2cc(C)c(OC(C)(C)C(=O)O)c(C)c2)cc1. The van der Waals surface area contributed by atoms with E-state index in [9.17, 15) is 19.5 Å². The molecule has 1 saturated heterocycles. The Balaban J connectivity index is 1.52. The summed E-state index contributed by atoms with van der Waals surface area (Å²) in [6.45, 7) is 7.60. The first kappa shape index (κ1) is 30.2. The third-order valence-electron chi connectivity index (χ3n) is 7.56. The van der Waals surface area contributed by atoms with Crippen LogP contribution in [0, 0.1) is 25.7 Å². The Morgan fingerprint density at radius 3 is 2.20 bits per heavy atom. The molecule has 1 N–H and O–H groups in total. The number of para-hydroxylation sites is 1. The van der Waals surface area contributed by atoms with Crippen molar-refractivity contribution in [3.8, 4) is 11.5 Å². The van der Waals surface area contributed by atoms with Crippen molar-refractivity contribution in [3.05, 3.63) is 89.0 Å². The van der Waals surface area contributed by atoms with E-state index in [0.717, 1.165) is 21.6 Å². The molecule has 216 valence electrons. The molecular formula is C33H37NO6S. The summed E-state index contributed by atoms with van der Waals surface area (Å²) >= 11 is 1.62. The minimum absolute atomic E-state index is 0.0321. The number of hydrogen-bond acceptors (Lipinski definition) is 6. The van der Waals surface area contributed by atoms with Crippen LogP contribution in [0.2, 0.25) is 0 Å². The number of nitrogens with zero attached hydrogens (tertiary/aromatic N) is 1. The molecule has 4 rings (SSSR count). The largest absolute Gasteiger partial charge is 0.478 e. The average molecular weight is 576 g/mol. The van der Waals surface area contributed by atoms with Crippen molar-refractivity contribution < 1.29 is 29.0 Å². The third-order valence-corrected chi connectivity index (χ3v) is 8.30. The maximum atomic E-state index is 13.7. The number of amides is 1. The second kappa shape index (κ2) is 12.8. The van der Waals surface area contributed by atoms with Crippen LogP contribution in [0.4, 0.5) is 4.79 Å². The number of likely N-dealkylation sites (tertiary alicyclic amines) is 1. The fraction of sp³-hybridized carbons (Fsp3) is 0.364. The predicted octanol–water partition coefficient (Wildman–Crippen LogP) is 6.83. The van der Waals surface area contributed by atoms with E-state index in [4.69, 9.17) is 9.47 Å². The van der Waals surface area contributed by atoms with E-state index in [-0.39, 0.29) is 17.6 Å². The van der Waals surface area contributed by atoms with Crippen molar-refractivity contribution >= 4 is 29.6 Å². The summed E-state index contributed by atoms with van der Waals surface area (Å²) in [5.74, 6) is -0.358. The number of thioether (sulfide) groups is 1. The molecule has 0 aliphatic carbocycles. The Labute approximate surface area is 245 Å². The molecule has 3 aromatic rings. The summed E-state index contributed by atoms with van der Waals surface area (Å²) in [6, 6.07) is 20.6. The van der Waals surface area contributed by atoms with Crippen LogP contribution < -0.4 is 9.47 Å². The Kier molecular flexibility index (Phi) is 9.43. The zero-order valence-electron chi connectivity index (χ0n) is 24.2. The number of hydrogen-bond donors (Lipinski definition) is 1. The van der Waals surface area contributed by atoms with E-state index in [1.54, 1.807) is 28.8 Å². The van der Waals surface area contributed by atoms with Gasteiger partial charge in [0.05, 0.1) is 0 Å². The zero-order valence-corrected chi connectivity index (χ0v) is 25.0. The molecule has 0 radical (unpaired) electrons. The van der Waals surface area contributed by atoms with Crippen molar-refractivity contribution in [1.82, 2.24) is 4.90 Å². The number of ether oxygens (including phenoxy) is 2. The summed E-state index contributed by atoms with van der Waals surface area (Å²) in [4.78, 5) is 41.0. The van der Waals surface area contributed by atoms with E-state index >= 15 is 0 Å². The van der Waals surface area contributed by atoms with Crippen LogP contribution in [-0.4, -0.2) is 52.8 Å². The van der Waals surface area contributed by atoms with Crippen molar-refractivity contribution in [2.75, 3.05) is 19.3 Å². The Morgan fingerprint density at radius 1 is 0.976 bits per heavy atom. The van der Waals surface area contributed by atoms with E-state index in [1.165, 1.54) is 13.8 Å². The standard InChI is InChI=1S/C33H37NO6S/c1-21-17-23(18-22(2)30(21)40-33(3,4)31(36)37)11-12-25-19-34(32(38)39-26-9-7-6-8-10-26)20-28(25)29(35)24-13-15-27(41-5)16-14-24/h6-10,13-18,25,28H,11-12,19-20H2,1-5H3,(H,36,37)/t25-,28-/m0/s1. The first-order valence-corrected chi connectivity index (χ1v) is 14.9. The number of carbonyl (C=O) groups is 3. The normalized spacial score (nSPS) is 16.9. The van der Waals surface area contributed by atoms with Gasteiger partial charge >= 0.3 is 12.1 Å². The van der Waals surface area contributed by atoms with E-state index < -0.39 is 17.7 Å². The van der Waals surface area contributed by atoms with E-state index in [1.807, 2.05) is 74.7 Å². The summed E-state index contributed by atoms with van der Waals surface area (Å²) in [6.07, 6.45) is 2.94. The molecule has 0 spiro atoms. The minimum atomic E-state index is -1.35. The van der Waals surface area contributed by atoms with Gasteiger partial charge in [-0.2, -0.15) is 0 Å². The van der Waals surface area contributed by atoms with E-state index in [2.05, 4.69) is 0 Å². The van der Waals surface area contributed by atoms with Gasteiger partial charge in [0.25, 0.3) is 0 Å². The van der Waals surface area contributed by atoms with Crippen LogP contribution in [0.3, 0.4) is 0 Å². The lowest BCUT2D eigenvalue weighted by atomic mass is 9.84. The number of Topliss-reactive ketones (excluding diaryl/α,β-unsaturated/α-hetero) is 1. The fourth-order valence-electron chi connectivity index (χ4n) is 5.23. The number of carboxylic acids is 1. The number of carbonyl (C=O) groups excluding carboxylic acids is 2. The number of rotatable bonds is 10. The van der Waals surface area contributed by atoms with Crippen LogP contribution in [0.25, 0.3) is 0 Å². The molecule has 8 heteroatoms. The predicted molar refractivity (Wildman–Crippen MR) is 160 cm³/mol. The average Bonchev–Trinajstić information content (AvgIpc) is 3.38. The molecule has 1 fully saturated rings. The van der Waals surface area contributed by atoms with Gasteiger partial charge in [0.2, 0.25) is 0 Å². The van der Waals surface area contributed by atoms with Crippen LogP contribution in [0.1, 0.15) is 47.3 Å². The second-order valence-corrected chi connectivity index (χ2v) is 11.9. The minimum Gasteiger partial charge on any atom is -0.478 e. The van der Waals surface area contributed by atoms with Gasteiger partial charge in [0.15, 0.2) is 11.4 Å². The van der Waals surface area contributed by atoms with Gasteiger partial charge in [0, 0.05) is 29.5 Å². The highest BCUT2D eigenvalue weighted by molar-refractivity contribution is 7.98. The van der Waals surface area contributed by atoms with Gasteiger partial charge < -0.3 is 19.5 Å². The number of ketones is 1. The zero-order chi connectivity index (χ0) is 29.7. The number of benzene rings is 3.